The summed E-state index contributed by atoms with van der Waals surface area (Å²) in [6, 6.07) is 2.24. The van der Waals surface area contributed by atoms with E-state index in [-0.39, 0.29) is 24.7 Å². The van der Waals surface area contributed by atoms with Crippen molar-refractivity contribution in [2.75, 3.05) is 32.8 Å². The van der Waals surface area contributed by atoms with Crippen LogP contribution in [0.5, 0.6) is 0 Å². The lowest BCUT2D eigenvalue weighted by atomic mass is 10.1. The topological polar surface area (TPSA) is 50.6 Å². The van der Waals surface area contributed by atoms with Gasteiger partial charge in [0.05, 0.1) is 24.4 Å². The minimum Gasteiger partial charge on any atom is -0.368 e. The summed E-state index contributed by atoms with van der Waals surface area (Å²) in [5, 5.41) is 4.48. The molecule has 1 aliphatic carbocycles. The number of hydrogen-bond donors (Lipinski definition) is 0. The number of ether oxygens (including phenoxy) is 1. The van der Waals surface area contributed by atoms with Gasteiger partial charge in [-0.1, -0.05) is 26.7 Å². The van der Waals surface area contributed by atoms with Crippen LogP contribution in [0, 0.1) is 0 Å². The number of carbonyl (C=O) groups is 1. The van der Waals surface area contributed by atoms with Crippen LogP contribution in [0.2, 0.25) is 0 Å². The summed E-state index contributed by atoms with van der Waals surface area (Å²) in [5.74, 6) is 0.110. The number of amides is 1. The molecular weight excluding hydrogens is 304 g/mol. The van der Waals surface area contributed by atoms with Gasteiger partial charge in [0, 0.05) is 19.3 Å². The number of hydrogen-bond acceptors (Lipinski definition) is 4. The molecule has 0 spiro atoms. The van der Waals surface area contributed by atoms with Gasteiger partial charge in [0.15, 0.2) is 0 Å². The molecule has 1 aliphatic heterocycles. The maximum atomic E-state index is 12.6. The highest BCUT2D eigenvalue weighted by Crippen LogP contribution is 2.23. The Morgan fingerprint density at radius 2 is 2.08 bits per heavy atom. The Kier molecular flexibility index (Phi) is 5.89. The number of fused-ring (bicyclic) bond motifs is 1. The summed E-state index contributed by atoms with van der Waals surface area (Å²) < 4.78 is 7.92. The Balaban J connectivity index is 1.61. The van der Waals surface area contributed by atoms with Crippen LogP contribution in [0.15, 0.2) is 12.3 Å². The van der Waals surface area contributed by atoms with Gasteiger partial charge in [-0.15, -0.1) is 0 Å². The number of aromatic nitrogens is 2. The molecule has 2 aliphatic rings. The monoisotopic (exact) mass is 334 g/mol. The van der Waals surface area contributed by atoms with E-state index in [1.54, 1.807) is 0 Å². The molecule has 1 saturated carbocycles. The molecule has 6 heteroatoms. The van der Waals surface area contributed by atoms with Crippen LogP contribution in [-0.4, -0.2) is 64.4 Å². The predicted octanol–water partition coefficient (Wildman–Crippen LogP) is 2.07. The molecule has 134 valence electrons. The van der Waals surface area contributed by atoms with Crippen LogP contribution in [0.25, 0.3) is 0 Å². The molecule has 0 N–H and O–H groups in total. The van der Waals surface area contributed by atoms with Crippen molar-refractivity contribution in [3.05, 3.63) is 18.0 Å². The van der Waals surface area contributed by atoms with Crippen molar-refractivity contribution in [2.24, 2.45) is 0 Å². The summed E-state index contributed by atoms with van der Waals surface area (Å²) in [6.07, 6.45) is 6.79. The third kappa shape index (κ3) is 3.98. The molecule has 3 rings (SSSR count). The first-order chi connectivity index (χ1) is 11.7. The van der Waals surface area contributed by atoms with Crippen molar-refractivity contribution in [2.45, 2.75) is 58.2 Å². The fourth-order valence-electron chi connectivity index (χ4n) is 3.83. The van der Waals surface area contributed by atoms with E-state index in [0.29, 0.717) is 6.54 Å². The number of likely N-dealkylation sites (N-methyl/N-ethyl adjacent to an activating group) is 1. The first kappa shape index (κ1) is 17.4. The highest BCUT2D eigenvalue weighted by atomic mass is 16.5. The van der Waals surface area contributed by atoms with Crippen molar-refractivity contribution >= 4 is 5.91 Å². The van der Waals surface area contributed by atoms with Crippen molar-refractivity contribution in [1.29, 1.82) is 0 Å². The Hall–Kier alpha value is -1.40. The fourth-order valence-corrected chi connectivity index (χ4v) is 3.83. The maximum Gasteiger partial charge on any atom is 0.249 e. The minimum absolute atomic E-state index is 0.110. The quantitative estimate of drug-likeness (QED) is 0.766. The lowest BCUT2D eigenvalue weighted by molar-refractivity contribution is -0.140. The van der Waals surface area contributed by atoms with E-state index in [1.165, 1.54) is 12.8 Å². The van der Waals surface area contributed by atoms with E-state index in [9.17, 15) is 4.79 Å². The minimum atomic E-state index is 0.110. The van der Waals surface area contributed by atoms with Gasteiger partial charge in [0.1, 0.15) is 6.61 Å². The van der Waals surface area contributed by atoms with Gasteiger partial charge >= 0.3 is 0 Å². The van der Waals surface area contributed by atoms with Crippen molar-refractivity contribution < 1.29 is 9.53 Å². The second kappa shape index (κ2) is 8.12. The van der Waals surface area contributed by atoms with Gasteiger partial charge in [0.25, 0.3) is 0 Å². The SMILES string of the molecule is CCN(CC)CC1CN(C(=O)COC2CCCC2)Cc2ccnn21. The summed E-state index contributed by atoms with van der Waals surface area (Å²) in [6.45, 7) is 8.89. The Morgan fingerprint density at radius 1 is 1.33 bits per heavy atom. The molecule has 0 radical (unpaired) electrons. The average molecular weight is 334 g/mol. The van der Waals surface area contributed by atoms with E-state index in [2.05, 4.69) is 28.5 Å². The van der Waals surface area contributed by atoms with Gasteiger partial charge in [-0.3, -0.25) is 9.48 Å². The predicted molar refractivity (Wildman–Crippen MR) is 92.7 cm³/mol. The molecule has 0 saturated heterocycles. The van der Waals surface area contributed by atoms with Crippen LogP contribution in [0.3, 0.4) is 0 Å². The van der Waals surface area contributed by atoms with Gasteiger partial charge in [-0.05, 0) is 32.0 Å². The molecule has 0 bridgehead atoms. The second-order valence-corrected chi connectivity index (χ2v) is 6.90. The van der Waals surface area contributed by atoms with Crippen molar-refractivity contribution in [3.8, 4) is 0 Å². The van der Waals surface area contributed by atoms with Crippen molar-refractivity contribution in [1.82, 2.24) is 19.6 Å². The van der Waals surface area contributed by atoms with Crippen molar-refractivity contribution in [3.63, 3.8) is 0 Å². The lowest BCUT2D eigenvalue weighted by Gasteiger charge is -2.36. The zero-order chi connectivity index (χ0) is 16.9. The van der Waals surface area contributed by atoms with E-state index >= 15 is 0 Å². The average Bonchev–Trinajstić information content (AvgIpc) is 3.28. The fraction of sp³-hybridized carbons (Fsp3) is 0.778. The van der Waals surface area contributed by atoms with Crippen LogP contribution >= 0.6 is 0 Å². The number of nitrogens with zero attached hydrogens (tertiary/aromatic N) is 4. The molecule has 1 atom stereocenters. The first-order valence-electron chi connectivity index (χ1n) is 9.35. The summed E-state index contributed by atoms with van der Waals surface area (Å²) in [7, 11) is 0. The summed E-state index contributed by atoms with van der Waals surface area (Å²) >= 11 is 0. The van der Waals surface area contributed by atoms with Gasteiger partial charge < -0.3 is 14.5 Å². The van der Waals surface area contributed by atoms with Gasteiger partial charge in [-0.2, -0.15) is 5.10 Å². The highest BCUT2D eigenvalue weighted by Gasteiger charge is 2.30. The standard InChI is InChI=1S/C18H30N4O2/c1-3-20(4-2)11-16-13-21(12-15-9-10-19-22(15)16)18(23)14-24-17-7-5-6-8-17/h9-10,16-17H,3-8,11-14H2,1-2H3. The molecule has 1 aromatic heterocycles. The smallest absolute Gasteiger partial charge is 0.249 e. The number of rotatable bonds is 7. The second-order valence-electron chi connectivity index (χ2n) is 6.90. The normalized spacial score (nSPS) is 21.5. The molecule has 1 amide bonds. The third-order valence-electron chi connectivity index (χ3n) is 5.34. The zero-order valence-corrected chi connectivity index (χ0v) is 15.0. The molecule has 2 heterocycles. The Morgan fingerprint density at radius 3 is 2.79 bits per heavy atom. The summed E-state index contributed by atoms with van der Waals surface area (Å²) in [5.41, 5.74) is 1.12. The van der Waals surface area contributed by atoms with Gasteiger partial charge in [0.2, 0.25) is 5.91 Å². The van der Waals surface area contributed by atoms with Crippen LogP contribution in [0.1, 0.15) is 51.3 Å². The third-order valence-corrected chi connectivity index (χ3v) is 5.34. The maximum absolute atomic E-state index is 12.6. The molecular formula is C18H30N4O2. The highest BCUT2D eigenvalue weighted by molar-refractivity contribution is 5.77. The molecule has 24 heavy (non-hydrogen) atoms. The molecule has 1 aromatic rings. The first-order valence-corrected chi connectivity index (χ1v) is 9.35. The number of carbonyl (C=O) groups excluding carboxylic acids is 1. The Labute approximate surface area is 144 Å². The van der Waals surface area contributed by atoms with Gasteiger partial charge in [-0.25, -0.2) is 0 Å². The zero-order valence-electron chi connectivity index (χ0n) is 15.0. The van der Waals surface area contributed by atoms with E-state index < -0.39 is 0 Å². The van der Waals surface area contributed by atoms with Crippen LogP contribution in [0.4, 0.5) is 0 Å². The largest absolute Gasteiger partial charge is 0.368 e. The molecule has 6 nitrogen and oxygen atoms in total. The van der Waals surface area contributed by atoms with E-state index in [1.807, 2.05) is 17.2 Å². The van der Waals surface area contributed by atoms with Crippen LogP contribution in [-0.2, 0) is 16.1 Å². The molecule has 1 unspecified atom stereocenters. The van der Waals surface area contributed by atoms with E-state index in [0.717, 1.165) is 44.7 Å². The lowest BCUT2D eigenvalue weighted by Crippen LogP contribution is -2.46. The molecule has 0 aromatic carbocycles. The molecule has 1 fully saturated rings. The Bertz CT molecular complexity index is 535. The van der Waals surface area contributed by atoms with Crippen LogP contribution < -0.4 is 0 Å². The summed E-state index contributed by atoms with van der Waals surface area (Å²) in [4.78, 5) is 16.9. The van der Waals surface area contributed by atoms with E-state index in [4.69, 9.17) is 4.74 Å².